The van der Waals surface area contributed by atoms with Crippen LogP contribution >= 0.6 is 15.9 Å². The molecular formula is C19H18BrNO4. The molecule has 0 unspecified atom stereocenters. The number of rotatable bonds is 7. The van der Waals surface area contributed by atoms with E-state index in [-0.39, 0.29) is 6.42 Å². The molecular weight excluding hydrogens is 386 g/mol. The number of amides is 1. The molecule has 25 heavy (non-hydrogen) atoms. The number of halogens is 1. The van der Waals surface area contributed by atoms with Crippen LogP contribution in [0.3, 0.4) is 0 Å². The molecule has 0 saturated heterocycles. The van der Waals surface area contributed by atoms with Gasteiger partial charge >= 0.3 is 5.97 Å². The predicted octanol–water partition coefficient (Wildman–Crippen LogP) is 3.28. The number of carboxylic acid groups (broad SMARTS) is 1. The summed E-state index contributed by atoms with van der Waals surface area (Å²) in [6.07, 6.45) is 3.15. The van der Waals surface area contributed by atoms with Crippen molar-refractivity contribution >= 4 is 33.9 Å². The van der Waals surface area contributed by atoms with Crippen LogP contribution in [0.4, 0.5) is 0 Å². The molecule has 6 heteroatoms. The minimum absolute atomic E-state index is 0.226. The van der Waals surface area contributed by atoms with Gasteiger partial charge in [0, 0.05) is 12.5 Å². The number of carbonyl (C=O) groups is 2. The first-order valence-corrected chi connectivity index (χ1v) is 8.37. The molecule has 0 spiro atoms. The second-order valence-corrected chi connectivity index (χ2v) is 6.17. The minimum atomic E-state index is -1.07. The predicted molar refractivity (Wildman–Crippen MR) is 99.4 cm³/mol. The molecule has 2 rings (SSSR count). The van der Waals surface area contributed by atoms with Crippen molar-refractivity contribution in [3.8, 4) is 5.75 Å². The Hall–Kier alpha value is -2.60. The number of methoxy groups -OCH3 is 1. The molecule has 0 fully saturated rings. The average molecular weight is 404 g/mol. The zero-order valence-electron chi connectivity index (χ0n) is 13.6. The van der Waals surface area contributed by atoms with E-state index in [1.165, 1.54) is 6.08 Å². The number of aliphatic carboxylic acids is 1. The number of hydrogen-bond donors (Lipinski definition) is 2. The third-order valence-corrected chi connectivity index (χ3v) is 4.12. The van der Waals surface area contributed by atoms with Crippen molar-refractivity contribution in [3.05, 3.63) is 70.2 Å². The van der Waals surface area contributed by atoms with Crippen LogP contribution < -0.4 is 10.1 Å². The molecule has 1 amide bonds. The quantitative estimate of drug-likeness (QED) is 0.695. The van der Waals surface area contributed by atoms with Crippen molar-refractivity contribution in [2.24, 2.45) is 0 Å². The summed E-state index contributed by atoms with van der Waals surface area (Å²) in [6.45, 7) is 0. The van der Waals surface area contributed by atoms with Crippen molar-refractivity contribution < 1.29 is 19.4 Å². The second-order valence-electron chi connectivity index (χ2n) is 5.32. The van der Waals surface area contributed by atoms with Crippen molar-refractivity contribution in [2.45, 2.75) is 12.5 Å². The molecule has 130 valence electrons. The van der Waals surface area contributed by atoms with Gasteiger partial charge < -0.3 is 15.2 Å². The summed E-state index contributed by atoms with van der Waals surface area (Å²) in [5, 5.41) is 11.8. The molecule has 0 aromatic heterocycles. The van der Waals surface area contributed by atoms with Gasteiger partial charge in [-0.05, 0) is 45.3 Å². The van der Waals surface area contributed by atoms with Gasteiger partial charge in [0.25, 0.3) is 0 Å². The number of carboxylic acids is 1. The Kier molecular flexibility index (Phi) is 6.77. The van der Waals surface area contributed by atoms with E-state index in [1.807, 2.05) is 30.3 Å². The molecule has 0 bridgehead atoms. The molecule has 0 aliphatic carbocycles. The fraction of sp³-hybridized carbons (Fsp3) is 0.158. The maximum absolute atomic E-state index is 12.0. The SMILES string of the molecule is COc1ccc(/C=C/C(=O)N[C@@H](Cc2ccccc2)C(=O)O)cc1Br. The highest BCUT2D eigenvalue weighted by atomic mass is 79.9. The van der Waals surface area contributed by atoms with E-state index in [0.29, 0.717) is 5.75 Å². The van der Waals surface area contributed by atoms with Gasteiger partial charge in [-0.1, -0.05) is 36.4 Å². The van der Waals surface area contributed by atoms with E-state index in [9.17, 15) is 14.7 Å². The zero-order valence-corrected chi connectivity index (χ0v) is 15.2. The molecule has 2 N–H and O–H groups in total. The molecule has 0 aliphatic heterocycles. The van der Waals surface area contributed by atoms with E-state index in [2.05, 4.69) is 21.2 Å². The van der Waals surface area contributed by atoms with Crippen LogP contribution in [0.2, 0.25) is 0 Å². The standard InChI is InChI=1S/C19H18BrNO4/c1-25-17-9-7-14(11-15(17)20)8-10-18(22)21-16(19(23)24)12-13-5-3-2-4-6-13/h2-11,16H,12H2,1H3,(H,21,22)(H,23,24)/b10-8+/t16-/m0/s1. The van der Waals surface area contributed by atoms with Gasteiger partial charge in [-0.15, -0.1) is 0 Å². The Bertz CT molecular complexity index is 774. The van der Waals surface area contributed by atoms with Crippen LogP contribution in [-0.4, -0.2) is 30.1 Å². The first kappa shape index (κ1) is 18.7. The maximum atomic E-state index is 12.0. The second kappa shape index (κ2) is 9.03. The Morgan fingerprint density at radius 1 is 1.24 bits per heavy atom. The summed E-state index contributed by atoms with van der Waals surface area (Å²) < 4.78 is 5.91. The maximum Gasteiger partial charge on any atom is 0.326 e. The van der Waals surface area contributed by atoms with E-state index >= 15 is 0 Å². The van der Waals surface area contributed by atoms with Crippen LogP contribution in [0.5, 0.6) is 5.75 Å². The minimum Gasteiger partial charge on any atom is -0.496 e. The lowest BCUT2D eigenvalue weighted by atomic mass is 10.1. The number of nitrogens with one attached hydrogen (secondary N) is 1. The largest absolute Gasteiger partial charge is 0.496 e. The van der Waals surface area contributed by atoms with Gasteiger partial charge in [-0.3, -0.25) is 4.79 Å². The van der Waals surface area contributed by atoms with Crippen molar-refractivity contribution in [1.29, 1.82) is 0 Å². The number of ether oxygens (including phenoxy) is 1. The lowest BCUT2D eigenvalue weighted by Crippen LogP contribution is -2.41. The molecule has 0 saturated carbocycles. The highest BCUT2D eigenvalue weighted by Gasteiger charge is 2.19. The highest BCUT2D eigenvalue weighted by Crippen LogP contribution is 2.25. The fourth-order valence-corrected chi connectivity index (χ4v) is 2.79. The van der Waals surface area contributed by atoms with Crippen LogP contribution in [0.25, 0.3) is 6.08 Å². The monoisotopic (exact) mass is 403 g/mol. The first-order valence-electron chi connectivity index (χ1n) is 7.58. The van der Waals surface area contributed by atoms with Gasteiger partial charge in [0.1, 0.15) is 11.8 Å². The third kappa shape index (κ3) is 5.76. The topological polar surface area (TPSA) is 75.6 Å². The first-order chi connectivity index (χ1) is 12.0. The number of benzene rings is 2. The average Bonchev–Trinajstić information content (AvgIpc) is 2.60. The Balaban J connectivity index is 2.01. The van der Waals surface area contributed by atoms with Gasteiger partial charge in [0.15, 0.2) is 0 Å². The summed E-state index contributed by atoms with van der Waals surface area (Å²) in [4.78, 5) is 23.4. The number of carbonyl (C=O) groups excluding carboxylic acids is 1. The van der Waals surface area contributed by atoms with Gasteiger partial charge in [-0.25, -0.2) is 4.79 Å². The Morgan fingerprint density at radius 2 is 1.96 bits per heavy atom. The zero-order chi connectivity index (χ0) is 18.2. The van der Waals surface area contributed by atoms with E-state index < -0.39 is 17.9 Å². The van der Waals surface area contributed by atoms with E-state index in [0.717, 1.165) is 15.6 Å². The van der Waals surface area contributed by atoms with Crippen LogP contribution in [0.15, 0.2) is 59.1 Å². The van der Waals surface area contributed by atoms with E-state index in [1.54, 1.807) is 31.4 Å². The van der Waals surface area contributed by atoms with Crippen LogP contribution in [0.1, 0.15) is 11.1 Å². The fourth-order valence-electron chi connectivity index (χ4n) is 2.23. The van der Waals surface area contributed by atoms with E-state index in [4.69, 9.17) is 4.74 Å². The third-order valence-electron chi connectivity index (χ3n) is 3.50. The lowest BCUT2D eigenvalue weighted by molar-refractivity contribution is -0.141. The van der Waals surface area contributed by atoms with Crippen molar-refractivity contribution in [2.75, 3.05) is 7.11 Å². The van der Waals surface area contributed by atoms with Crippen LogP contribution in [0, 0.1) is 0 Å². The molecule has 0 aliphatic rings. The molecule has 2 aromatic carbocycles. The summed E-state index contributed by atoms with van der Waals surface area (Å²) in [6, 6.07) is 13.6. The summed E-state index contributed by atoms with van der Waals surface area (Å²) >= 11 is 3.37. The highest BCUT2D eigenvalue weighted by molar-refractivity contribution is 9.10. The molecule has 0 heterocycles. The molecule has 2 aromatic rings. The van der Waals surface area contributed by atoms with Crippen molar-refractivity contribution in [3.63, 3.8) is 0 Å². The van der Waals surface area contributed by atoms with Crippen LogP contribution in [-0.2, 0) is 16.0 Å². The van der Waals surface area contributed by atoms with Gasteiger partial charge in [0.05, 0.1) is 11.6 Å². The summed E-state index contributed by atoms with van der Waals surface area (Å²) in [7, 11) is 1.57. The smallest absolute Gasteiger partial charge is 0.326 e. The molecule has 1 atom stereocenters. The van der Waals surface area contributed by atoms with Gasteiger partial charge in [0.2, 0.25) is 5.91 Å². The Morgan fingerprint density at radius 3 is 2.56 bits per heavy atom. The summed E-state index contributed by atoms with van der Waals surface area (Å²) in [5.41, 5.74) is 1.64. The number of hydrogen-bond acceptors (Lipinski definition) is 3. The summed E-state index contributed by atoms with van der Waals surface area (Å²) in [5.74, 6) is -0.844. The lowest BCUT2D eigenvalue weighted by Gasteiger charge is -2.13. The van der Waals surface area contributed by atoms with Gasteiger partial charge in [-0.2, -0.15) is 0 Å². The van der Waals surface area contributed by atoms with Crippen molar-refractivity contribution in [1.82, 2.24) is 5.32 Å². The normalized spacial score (nSPS) is 11.9. The molecule has 0 radical (unpaired) electrons. The Labute approximate surface area is 154 Å². The molecule has 5 nitrogen and oxygen atoms in total.